The van der Waals surface area contributed by atoms with E-state index in [-0.39, 0.29) is 16.9 Å². The van der Waals surface area contributed by atoms with Crippen molar-refractivity contribution in [1.82, 2.24) is 0 Å². The summed E-state index contributed by atoms with van der Waals surface area (Å²) >= 11 is 5.18. The Kier molecular flexibility index (Phi) is 5.13. The number of methoxy groups -OCH3 is 2. The smallest absolute Gasteiger partial charge is 0.221 e. The highest BCUT2D eigenvalue weighted by Gasteiger charge is 2.30. The number of amidine groups is 1. The van der Waals surface area contributed by atoms with Crippen molar-refractivity contribution in [2.24, 2.45) is 15.9 Å². The van der Waals surface area contributed by atoms with Gasteiger partial charge in [0.05, 0.1) is 25.8 Å². The molecule has 0 saturated heterocycles. The number of hydrogen-bond donors (Lipinski definition) is 2. The number of thiocarbonyl (C=S) groups is 1. The minimum atomic E-state index is -0.217. The number of nitrogens with zero attached hydrogens (tertiary/aromatic N) is 2. The second-order valence-corrected chi connectivity index (χ2v) is 5.99. The summed E-state index contributed by atoms with van der Waals surface area (Å²) in [5, 5.41) is 6.24. The fourth-order valence-electron chi connectivity index (χ4n) is 2.66. The van der Waals surface area contributed by atoms with Gasteiger partial charge >= 0.3 is 0 Å². The molecule has 1 heterocycles. The van der Waals surface area contributed by atoms with E-state index in [1.165, 1.54) is 6.92 Å². The Balaban J connectivity index is 1.84. The number of carbonyl (C=O) groups excluding carboxylic acids is 1. The van der Waals surface area contributed by atoms with Crippen molar-refractivity contribution in [3.8, 4) is 0 Å². The number of aliphatic imine (C=N–C) groups is 2. The summed E-state index contributed by atoms with van der Waals surface area (Å²) < 4.78 is 10.7. The number of anilines is 2. The molecule has 3 rings (SSSR count). The van der Waals surface area contributed by atoms with Crippen LogP contribution in [0.1, 0.15) is 6.92 Å². The van der Waals surface area contributed by atoms with Crippen molar-refractivity contribution in [2.75, 3.05) is 24.9 Å². The molecular formula is C18H18N4O3S. The topological polar surface area (TPSA) is 84.3 Å². The average Bonchev–Trinajstić information content (AvgIpc) is 2.61. The number of hydrogen-bond acceptors (Lipinski definition) is 5. The number of rotatable bonds is 4. The Labute approximate surface area is 156 Å². The van der Waals surface area contributed by atoms with Crippen LogP contribution in [0.5, 0.6) is 0 Å². The zero-order chi connectivity index (χ0) is 18.7. The van der Waals surface area contributed by atoms with E-state index >= 15 is 0 Å². The molecule has 0 saturated carbocycles. The Hall–Kier alpha value is -3.00. The van der Waals surface area contributed by atoms with Gasteiger partial charge in [-0.25, -0.2) is 9.98 Å². The molecule has 2 N–H and O–H groups in total. The maximum atomic E-state index is 11.1. The summed E-state index contributed by atoms with van der Waals surface area (Å²) in [6.07, 6.45) is 3.68. The van der Waals surface area contributed by atoms with Crippen LogP contribution < -0.4 is 10.6 Å². The first-order valence-electron chi connectivity index (χ1n) is 7.88. The number of nitrogens with one attached hydrogen (secondary N) is 2. The molecule has 0 radical (unpaired) electrons. The summed E-state index contributed by atoms with van der Waals surface area (Å²) in [4.78, 5) is 19.8. The van der Waals surface area contributed by atoms with Gasteiger partial charge in [-0.1, -0.05) is 0 Å². The third kappa shape index (κ3) is 3.80. The Morgan fingerprint density at radius 3 is 2.35 bits per heavy atom. The van der Waals surface area contributed by atoms with Crippen molar-refractivity contribution < 1.29 is 14.3 Å². The number of amides is 1. The number of ether oxygens (including phenoxy) is 2. The molecule has 0 spiro atoms. The normalized spacial score (nSPS) is 18.6. The van der Waals surface area contributed by atoms with Crippen LogP contribution in [0.25, 0.3) is 0 Å². The van der Waals surface area contributed by atoms with Crippen LogP contribution in [0.3, 0.4) is 0 Å². The van der Waals surface area contributed by atoms with Crippen LogP contribution in [0.4, 0.5) is 11.4 Å². The van der Waals surface area contributed by atoms with Gasteiger partial charge in [-0.2, -0.15) is 0 Å². The standard InChI is InChI=1S/C18H18N4O3S/c1-10(23)19-11-4-6-12(7-5-11)20-17-13-8-15(24-2)16(25-3)9-14(13)21-18(26)22-17/h4-9,13H,1-3H3,(H,19,23)(H,20,22,26). The molecule has 1 amide bonds. The minimum Gasteiger partial charge on any atom is -0.493 e. The van der Waals surface area contributed by atoms with Gasteiger partial charge in [-0.05, 0) is 42.6 Å². The first-order valence-corrected chi connectivity index (χ1v) is 8.28. The van der Waals surface area contributed by atoms with Gasteiger partial charge in [0.2, 0.25) is 11.0 Å². The molecule has 0 bridgehead atoms. The molecule has 1 unspecified atom stereocenters. The van der Waals surface area contributed by atoms with Gasteiger partial charge in [0.25, 0.3) is 0 Å². The molecule has 0 aromatic heterocycles. The van der Waals surface area contributed by atoms with Crippen molar-refractivity contribution in [3.63, 3.8) is 0 Å². The first-order chi connectivity index (χ1) is 12.5. The quantitative estimate of drug-likeness (QED) is 0.796. The first kappa shape index (κ1) is 17.8. The Bertz CT molecular complexity index is 869. The molecule has 1 aromatic carbocycles. The Morgan fingerprint density at radius 1 is 1.08 bits per heavy atom. The van der Waals surface area contributed by atoms with Crippen molar-refractivity contribution in [2.45, 2.75) is 6.92 Å². The molecule has 1 aliphatic carbocycles. The summed E-state index contributed by atoms with van der Waals surface area (Å²) in [5.74, 6) is 1.51. The monoisotopic (exact) mass is 370 g/mol. The van der Waals surface area contributed by atoms with Crippen LogP contribution in [0, 0.1) is 5.92 Å². The molecule has 1 aliphatic heterocycles. The van der Waals surface area contributed by atoms with Crippen molar-refractivity contribution >= 4 is 46.2 Å². The van der Waals surface area contributed by atoms with Crippen LogP contribution >= 0.6 is 12.2 Å². The van der Waals surface area contributed by atoms with Crippen molar-refractivity contribution in [3.05, 3.63) is 47.9 Å². The lowest BCUT2D eigenvalue weighted by Crippen LogP contribution is -2.34. The molecule has 2 aliphatic rings. The van der Waals surface area contributed by atoms with Gasteiger partial charge in [0, 0.05) is 24.4 Å². The lowest BCUT2D eigenvalue weighted by molar-refractivity contribution is -0.114. The molecule has 1 aromatic rings. The highest BCUT2D eigenvalue weighted by atomic mass is 32.1. The van der Waals surface area contributed by atoms with E-state index in [1.807, 2.05) is 18.2 Å². The molecular weight excluding hydrogens is 352 g/mol. The molecule has 0 fully saturated rings. The largest absolute Gasteiger partial charge is 0.493 e. The number of benzene rings is 1. The van der Waals surface area contributed by atoms with Crippen LogP contribution in [-0.2, 0) is 14.3 Å². The van der Waals surface area contributed by atoms with Gasteiger partial charge in [-0.3, -0.25) is 4.79 Å². The number of carbonyl (C=O) groups is 1. The third-order valence-corrected chi connectivity index (χ3v) is 3.99. The second kappa shape index (κ2) is 7.49. The summed E-state index contributed by atoms with van der Waals surface area (Å²) in [6.45, 7) is 1.47. The van der Waals surface area contributed by atoms with E-state index in [9.17, 15) is 4.79 Å². The van der Waals surface area contributed by atoms with E-state index < -0.39 is 0 Å². The molecule has 26 heavy (non-hydrogen) atoms. The minimum absolute atomic E-state index is 0.117. The molecule has 8 heteroatoms. The summed E-state index contributed by atoms with van der Waals surface area (Å²) in [6, 6.07) is 7.31. The van der Waals surface area contributed by atoms with Gasteiger partial charge in [-0.15, -0.1) is 0 Å². The molecule has 134 valence electrons. The van der Waals surface area contributed by atoms with Gasteiger partial charge in [0.1, 0.15) is 5.84 Å². The molecule has 7 nitrogen and oxygen atoms in total. The zero-order valence-electron chi connectivity index (χ0n) is 14.6. The zero-order valence-corrected chi connectivity index (χ0v) is 15.4. The van der Waals surface area contributed by atoms with Crippen molar-refractivity contribution in [1.29, 1.82) is 0 Å². The summed E-state index contributed by atoms with van der Waals surface area (Å²) in [7, 11) is 3.16. The van der Waals surface area contributed by atoms with Crippen LogP contribution in [-0.4, -0.2) is 36.8 Å². The number of fused-ring (bicyclic) bond motifs is 1. The summed E-state index contributed by atoms with van der Waals surface area (Å²) in [5.41, 5.74) is 2.27. The maximum absolute atomic E-state index is 11.1. The lowest BCUT2D eigenvalue weighted by Gasteiger charge is -2.26. The fraction of sp³-hybridized carbons (Fsp3) is 0.222. The van der Waals surface area contributed by atoms with E-state index in [1.54, 1.807) is 32.4 Å². The van der Waals surface area contributed by atoms with E-state index in [2.05, 4.69) is 20.6 Å². The maximum Gasteiger partial charge on any atom is 0.221 e. The SMILES string of the molecule is COC1=CC2=NC(=S)N=C(Nc3ccc(NC(C)=O)cc3)C2C=C1OC. The van der Waals surface area contributed by atoms with E-state index in [0.29, 0.717) is 17.4 Å². The average molecular weight is 370 g/mol. The highest BCUT2D eigenvalue weighted by Crippen LogP contribution is 2.27. The lowest BCUT2D eigenvalue weighted by atomic mass is 9.94. The van der Waals surface area contributed by atoms with Gasteiger partial charge in [0.15, 0.2) is 11.5 Å². The number of allylic oxidation sites excluding steroid dienone is 1. The van der Waals surface area contributed by atoms with Crippen LogP contribution in [0.15, 0.2) is 57.9 Å². The fourth-order valence-corrected chi connectivity index (χ4v) is 2.87. The predicted molar refractivity (Wildman–Crippen MR) is 106 cm³/mol. The van der Waals surface area contributed by atoms with E-state index in [4.69, 9.17) is 21.7 Å². The van der Waals surface area contributed by atoms with Gasteiger partial charge < -0.3 is 20.1 Å². The highest BCUT2D eigenvalue weighted by molar-refractivity contribution is 7.80. The Morgan fingerprint density at radius 2 is 1.73 bits per heavy atom. The van der Waals surface area contributed by atoms with Crippen LogP contribution in [0.2, 0.25) is 0 Å². The van der Waals surface area contributed by atoms with E-state index in [0.717, 1.165) is 17.1 Å². The predicted octanol–water partition coefficient (Wildman–Crippen LogP) is 2.89. The molecule has 1 atom stereocenters. The third-order valence-electron chi connectivity index (χ3n) is 3.81. The second-order valence-electron chi connectivity index (χ2n) is 5.63.